The van der Waals surface area contributed by atoms with Gasteiger partial charge in [-0.25, -0.2) is 0 Å². The number of hydrogen-bond donors (Lipinski definition) is 2. The Hall–Kier alpha value is -1.06. The number of benzene rings is 1. The summed E-state index contributed by atoms with van der Waals surface area (Å²) in [5.74, 6) is 3.01. The summed E-state index contributed by atoms with van der Waals surface area (Å²) in [4.78, 5) is 6.75. The molecule has 2 N–H and O–H groups in total. The number of halogens is 1. The summed E-state index contributed by atoms with van der Waals surface area (Å²) in [6, 6.07) is 6.40. The number of ether oxygens (including phenoxy) is 2. The van der Waals surface area contributed by atoms with E-state index in [9.17, 15) is 0 Å². The predicted octanol–water partition coefficient (Wildman–Crippen LogP) is 2.65. The number of aryl methyl sites for hydroxylation is 1. The number of nitrogens with zero attached hydrogens (tertiary/aromatic N) is 2. The van der Waals surface area contributed by atoms with E-state index in [0.29, 0.717) is 18.4 Å². The Balaban J connectivity index is 0.00000280. The van der Waals surface area contributed by atoms with Gasteiger partial charge in [0.2, 0.25) is 0 Å². The molecule has 0 spiro atoms. The minimum absolute atomic E-state index is 0. The number of likely N-dealkylation sites (tertiary alicyclic amines) is 1. The molecule has 0 bridgehead atoms. The predicted molar refractivity (Wildman–Crippen MR) is 125 cm³/mol. The van der Waals surface area contributed by atoms with Crippen molar-refractivity contribution >= 4 is 29.9 Å². The van der Waals surface area contributed by atoms with E-state index < -0.39 is 0 Å². The Kier molecular flexibility index (Phi) is 9.81. The molecule has 158 valence electrons. The molecule has 1 aromatic carbocycles. The minimum Gasteiger partial charge on any atom is -0.493 e. The lowest BCUT2D eigenvalue weighted by molar-refractivity contribution is 0.166. The fourth-order valence-corrected chi connectivity index (χ4v) is 3.70. The molecule has 3 rings (SSSR count). The molecule has 7 heteroatoms. The van der Waals surface area contributed by atoms with Gasteiger partial charge >= 0.3 is 0 Å². The van der Waals surface area contributed by atoms with E-state index in [1.54, 1.807) is 0 Å². The molecule has 2 aliphatic heterocycles. The van der Waals surface area contributed by atoms with E-state index in [4.69, 9.17) is 9.47 Å². The maximum atomic E-state index is 6.14. The minimum atomic E-state index is 0. The van der Waals surface area contributed by atoms with E-state index in [1.807, 2.05) is 7.05 Å². The van der Waals surface area contributed by atoms with E-state index in [1.165, 1.54) is 18.5 Å². The second kappa shape index (κ2) is 11.8. The van der Waals surface area contributed by atoms with E-state index >= 15 is 0 Å². The molecule has 28 heavy (non-hydrogen) atoms. The summed E-state index contributed by atoms with van der Waals surface area (Å²) < 4.78 is 11.6. The van der Waals surface area contributed by atoms with Gasteiger partial charge in [0.1, 0.15) is 5.75 Å². The summed E-state index contributed by atoms with van der Waals surface area (Å²) >= 11 is 0. The summed E-state index contributed by atoms with van der Waals surface area (Å²) in [6.07, 6.45) is 2.34. The average Bonchev–Trinajstić information content (AvgIpc) is 3.33. The van der Waals surface area contributed by atoms with Crippen LogP contribution in [-0.2, 0) is 11.3 Å². The molecule has 2 atom stereocenters. The van der Waals surface area contributed by atoms with E-state index in [2.05, 4.69) is 52.7 Å². The molecule has 2 aliphatic rings. The van der Waals surface area contributed by atoms with Gasteiger partial charge in [0, 0.05) is 44.8 Å². The first-order valence-electron chi connectivity index (χ1n) is 10.1. The molecule has 2 saturated heterocycles. The Bertz CT molecular complexity index is 635. The van der Waals surface area contributed by atoms with Crippen LogP contribution in [0.2, 0.25) is 0 Å². The van der Waals surface area contributed by atoms with Gasteiger partial charge in [-0.05, 0) is 50.9 Å². The van der Waals surface area contributed by atoms with Crippen molar-refractivity contribution in [1.82, 2.24) is 15.5 Å². The average molecular weight is 502 g/mol. The molecule has 0 saturated carbocycles. The normalized spacial score (nSPS) is 22.8. The molecule has 2 unspecified atom stereocenters. The van der Waals surface area contributed by atoms with Crippen LogP contribution in [0.15, 0.2) is 23.2 Å². The topological polar surface area (TPSA) is 58.1 Å². The third-order valence-corrected chi connectivity index (χ3v) is 5.44. The molecule has 2 fully saturated rings. The highest BCUT2D eigenvalue weighted by Gasteiger charge is 2.19. The van der Waals surface area contributed by atoms with E-state index in [-0.39, 0.29) is 24.0 Å². The molecule has 6 nitrogen and oxygen atoms in total. The largest absolute Gasteiger partial charge is 0.493 e. The fourth-order valence-electron chi connectivity index (χ4n) is 3.70. The van der Waals surface area contributed by atoms with E-state index in [0.717, 1.165) is 56.6 Å². The van der Waals surface area contributed by atoms with Crippen molar-refractivity contribution in [2.24, 2.45) is 16.8 Å². The van der Waals surface area contributed by atoms with Crippen molar-refractivity contribution in [2.75, 3.05) is 53.6 Å². The van der Waals surface area contributed by atoms with Crippen LogP contribution in [0.25, 0.3) is 0 Å². The van der Waals surface area contributed by atoms with Gasteiger partial charge in [-0.15, -0.1) is 24.0 Å². The fraction of sp³-hybridized carbons (Fsp3) is 0.667. The highest BCUT2D eigenvalue weighted by molar-refractivity contribution is 14.0. The van der Waals surface area contributed by atoms with Gasteiger partial charge in [-0.3, -0.25) is 4.99 Å². The molecular formula is C21H35IN4O2. The van der Waals surface area contributed by atoms with Crippen molar-refractivity contribution in [3.8, 4) is 5.75 Å². The van der Waals surface area contributed by atoms with Crippen LogP contribution >= 0.6 is 24.0 Å². The SMILES string of the molecule is CN=C(NCc1ccc(C)cc1OCC1CCOC1)NCC1CCN(C)C1.I. The van der Waals surface area contributed by atoms with Crippen LogP contribution in [0.5, 0.6) is 5.75 Å². The first-order valence-corrected chi connectivity index (χ1v) is 10.1. The first-order chi connectivity index (χ1) is 13.1. The van der Waals surface area contributed by atoms with Gasteiger partial charge in [0.05, 0.1) is 13.2 Å². The Morgan fingerprint density at radius 3 is 2.82 bits per heavy atom. The lowest BCUT2D eigenvalue weighted by Crippen LogP contribution is -2.39. The Labute approximate surface area is 186 Å². The quantitative estimate of drug-likeness (QED) is 0.341. The number of guanidine groups is 1. The van der Waals surface area contributed by atoms with Gasteiger partial charge in [0.25, 0.3) is 0 Å². The lowest BCUT2D eigenvalue weighted by Gasteiger charge is -2.18. The van der Waals surface area contributed by atoms with Gasteiger partial charge in [-0.1, -0.05) is 12.1 Å². The monoisotopic (exact) mass is 502 g/mol. The van der Waals surface area contributed by atoms with Crippen molar-refractivity contribution in [3.05, 3.63) is 29.3 Å². The zero-order valence-corrected chi connectivity index (χ0v) is 19.7. The number of rotatable bonds is 7. The summed E-state index contributed by atoms with van der Waals surface area (Å²) in [5, 5.41) is 6.89. The standard InChI is InChI=1S/C21H34N4O2.HI/c1-16-4-5-19(20(10-16)27-15-18-7-9-26-14-18)12-24-21(22-2)23-11-17-6-8-25(3)13-17;/h4-5,10,17-18H,6-9,11-15H2,1-3H3,(H2,22,23,24);1H. The second-order valence-corrected chi connectivity index (χ2v) is 7.88. The maximum Gasteiger partial charge on any atom is 0.191 e. The third kappa shape index (κ3) is 7.08. The molecule has 0 aliphatic carbocycles. The number of hydrogen-bond acceptors (Lipinski definition) is 4. The third-order valence-electron chi connectivity index (χ3n) is 5.44. The number of nitrogens with one attached hydrogen (secondary N) is 2. The summed E-state index contributed by atoms with van der Waals surface area (Å²) in [7, 11) is 4.01. The molecule has 0 radical (unpaired) electrons. The van der Waals surface area contributed by atoms with Crippen LogP contribution in [0.1, 0.15) is 24.0 Å². The van der Waals surface area contributed by atoms with Crippen LogP contribution in [0.3, 0.4) is 0 Å². The number of aliphatic imine (C=N–C) groups is 1. The van der Waals surface area contributed by atoms with Crippen molar-refractivity contribution in [2.45, 2.75) is 26.3 Å². The lowest BCUT2D eigenvalue weighted by atomic mass is 10.1. The molecular weight excluding hydrogens is 467 g/mol. The van der Waals surface area contributed by atoms with Crippen LogP contribution < -0.4 is 15.4 Å². The molecule has 0 amide bonds. The van der Waals surface area contributed by atoms with Crippen LogP contribution in [-0.4, -0.2) is 64.4 Å². The zero-order valence-electron chi connectivity index (χ0n) is 17.4. The molecule has 1 aromatic rings. The van der Waals surface area contributed by atoms with Crippen LogP contribution in [0, 0.1) is 18.8 Å². The summed E-state index contributed by atoms with van der Waals surface area (Å²) in [6.45, 7) is 8.49. The first kappa shape index (κ1) is 23.2. The molecule has 0 aromatic heterocycles. The highest BCUT2D eigenvalue weighted by Crippen LogP contribution is 2.22. The molecule has 2 heterocycles. The van der Waals surface area contributed by atoms with Gasteiger partial charge < -0.3 is 25.0 Å². The van der Waals surface area contributed by atoms with Crippen LogP contribution in [0.4, 0.5) is 0 Å². The van der Waals surface area contributed by atoms with Crippen molar-refractivity contribution < 1.29 is 9.47 Å². The van der Waals surface area contributed by atoms with Crippen molar-refractivity contribution in [1.29, 1.82) is 0 Å². The van der Waals surface area contributed by atoms with Gasteiger partial charge in [0.15, 0.2) is 5.96 Å². The Morgan fingerprint density at radius 1 is 1.29 bits per heavy atom. The summed E-state index contributed by atoms with van der Waals surface area (Å²) in [5.41, 5.74) is 2.37. The zero-order chi connectivity index (χ0) is 19.1. The second-order valence-electron chi connectivity index (χ2n) is 7.88. The van der Waals surface area contributed by atoms with Crippen molar-refractivity contribution in [3.63, 3.8) is 0 Å². The Morgan fingerprint density at radius 2 is 2.14 bits per heavy atom. The maximum absolute atomic E-state index is 6.14. The smallest absolute Gasteiger partial charge is 0.191 e. The highest BCUT2D eigenvalue weighted by atomic mass is 127. The van der Waals surface area contributed by atoms with Gasteiger partial charge in [-0.2, -0.15) is 0 Å².